The van der Waals surface area contributed by atoms with Gasteiger partial charge in [-0.1, -0.05) is 18.5 Å². The monoisotopic (exact) mass is 766 g/mol. The van der Waals surface area contributed by atoms with Gasteiger partial charge in [-0.05, 0) is 50.5 Å². The van der Waals surface area contributed by atoms with Crippen LogP contribution < -0.4 is 25.6 Å². The van der Waals surface area contributed by atoms with Crippen molar-refractivity contribution in [3.05, 3.63) is 35.6 Å². The summed E-state index contributed by atoms with van der Waals surface area (Å²) in [6.07, 6.45) is -3.10. The molecular formula is C28H38ClF2N8O9PS. The zero-order valence-corrected chi connectivity index (χ0v) is 29.6. The topological polar surface area (TPSA) is 231 Å². The molecule has 0 radical (unpaired) electrons. The molecule has 50 heavy (non-hydrogen) atoms. The standard InChI is InChI=1S/C28H38ClF2N8O9PS/c1-14-23(40)21(47-26(14)39-13-33-22-24(36-38-50(3,43)44)34-28(32)35-25(22)39)12-46-49(42,48-17-9-7-16(29)8-10-17)37-15(2)27(41)45-11-18-19(30)5-4-6-20(18)31/h7-10,13-15,18-21,23,26,38,40H,4-6,11-12H2,1-3H3,(H,37,42)(H3,32,34,35,36)/t14?,15?,18?,19?,20?,21?,23-,26?,49?/m0/s1. The smallest absolute Gasteiger partial charge is 0.459 e. The highest BCUT2D eigenvalue weighted by Gasteiger charge is 2.45. The maximum absolute atomic E-state index is 14.3. The fourth-order valence-electron chi connectivity index (χ4n) is 5.56. The first kappa shape index (κ1) is 38.0. The Hall–Kier alpha value is -3.23. The van der Waals surface area contributed by atoms with Gasteiger partial charge < -0.3 is 24.8 Å². The van der Waals surface area contributed by atoms with Crippen molar-refractivity contribution in [2.24, 2.45) is 11.8 Å². The summed E-state index contributed by atoms with van der Waals surface area (Å²) in [5.74, 6) is -2.86. The number of rotatable bonds is 14. The molecule has 1 saturated heterocycles. The van der Waals surface area contributed by atoms with Gasteiger partial charge >= 0.3 is 13.7 Å². The maximum Gasteiger partial charge on any atom is 0.459 e. The number of aliphatic hydroxyl groups excluding tert-OH is 1. The predicted octanol–water partition coefficient (Wildman–Crippen LogP) is 3.03. The van der Waals surface area contributed by atoms with E-state index in [1.54, 1.807) is 6.92 Å². The second-order valence-electron chi connectivity index (χ2n) is 12.1. The first-order chi connectivity index (χ1) is 23.5. The van der Waals surface area contributed by atoms with Gasteiger partial charge in [0.2, 0.25) is 16.0 Å². The van der Waals surface area contributed by atoms with Crippen LogP contribution in [0.15, 0.2) is 30.6 Å². The minimum Gasteiger partial charge on any atom is -0.464 e. The highest BCUT2D eigenvalue weighted by Crippen LogP contribution is 2.47. The first-order valence-corrected chi connectivity index (χ1v) is 19.3. The molecule has 2 aliphatic rings. The van der Waals surface area contributed by atoms with E-state index in [4.69, 9.17) is 35.9 Å². The molecule has 1 aliphatic carbocycles. The second kappa shape index (κ2) is 15.6. The van der Waals surface area contributed by atoms with Gasteiger partial charge in [0.05, 0.1) is 37.8 Å². The lowest BCUT2D eigenvalue weighted by atomic mass is 9.86. The number of hydrogen-bond acceptors (Lipinski definition) is 14. The fraction of sp³-hybridized carbons (Fsp3) is 0.571. The predicted molar refractivity (Wildman–Crippen MR) is 177 cm³/mol. The highest BCUT2D eigenvalue weighted by molar-refractivity contribution is 7.88. The zero-order valence-electron chi connectivity index (χ0n) is 27.1. The molecule has 6 N–H and O–H groups in total. The van der Waals surface area contributed by atoms with Crippen molar-refractivity contribution in [3.63, 3.8) is 0 Å². The van der Waals surface area contributed by atoms with Crippen molar-refractivity contribution in [2.75, 3.05) is 30.6 Å². The molecule has 2 aromatic heterocycles. The Labute approximate surface area is 291 Å². The summed E-state index contributed by atoms with van der Waals surface area (Å²) in [6.45, 7) is 1.98. The Balaban J connectivity index is 1.30. The lowest BCUT2D eigenvalue weighted by Crippen LogP contribution is -2.40. The van der Waals surface area contributed by atoms with Gasteiger partial charge in [-0.15, -0.1) is 4.83 Å². The third-order valence-corrected chi connectivity index (χ3v) is 10.6. The van der Waals surface area contributed by atoms with Gasteiger partial charge in [-0.3, -0.25) is 19.3 Å². The van der Waals surface area contributed by atoms with Crippen LogP contribution in [0.25, 0.3) is 11.2 Å². The van der Waals surface area contributed by atoms with Crippen molar-refractivity contribution in [2.45, 2.75) is 69.9 Å². The lowest BCUT2D eigenvalue weighted by molar-refractivity contribution is -0.149. The van der Waals surface area contributed by atoms with Crippen LogP contribution in [0.4, 0.5) is 20.5 Å². The van der Waals surface area contributed by atoms with Gasteiger partial charge in [0.25, 0.3) is 0 Å². The van der Waals surface area contributed by atoms with Crippen molar-refractivity contribution < 1.29 is 50.2 Å². The zero-order chi connectivity index (χ0) is 36.4. The number of esters is 1. The third kappa shape index (κ3) is 9.16. The number of carbonyl (C=O) groups excluding carboxylic acids is 1. The number of aliphatic hydroxyl groups is 1. The molecule has 8 atom stereocenters. The number of nitrogen functional groups attached to an aromatic ring is 1. The van der Waals surface area contributed by atoms with Crippen LogP contribution >= 0.6 is 19.3 Å². The average Bonchev–Trinajstić information content (AvgIpc) is 3.58. The molecule has 7 unspecified atom stereocenters. The number of imidazole rings is 1. The number of anilines is 2. The van der Waals surface area contributed by atoms with Gasteiger partial charge in [-0.25, -0.2) is 26.7 Å². The Bertz CT molecular complexity index is 1820. The van der Waals surface area contributed by atoms with Crippen LogP contribution in [-0.2, 0) is 33.4 Å². The molecule has 1 aromatic carbocycles. The third-order valence-electron chi connectivity index (χ3n) is 8.21. The number of nitrogens with two attached hydrogens (primary N) is 1. The van der Waals surface area contributed by atoms with Crippen molar-refractivity contribution in [1.82, 2.24) is 29.4 Å². The van der Waals surface area contributed by atoms with E-state index < -0.39 is 85.6 Å². The van der Waals surface area contributed by atoms with Crippen molar-refractivity contribution in [3.8, 4) is 5.75 Å². The number of nitrogens with zero attached hydrogens (tertiary/aromatic N) is 4. The number of sulfonamides is 1. The molecule has 3 heterocycles. The summed E-state index contributed by atoms with van der Waals surface area (Å²) in [6, 6.07) is 4.46. The van der Waals surface area contributed by atoms with Crippen LogP contribution in [-0.4, -0.2) is 89.1 Å². The summed E-state index contributed by atoms with van der Waals surface area (Å²) in [4.78, 5) is 27.4. The number of benzene rings is 1. The second-order valence-corrected chi connectivity index (χ2v) is 16.0. The maximum atomic E-state index is 14.3. The van der Waals surface area contributed by atoms with Crippen LogP contribution in [0, 0.1) is 11.8 Å². The summed E-state index contributed by atoms with van der Waals surface area (Å²) >= 11 is 5.97. The average molecular weight is 767 g/mol. The largest absolute Gasteiger partial charge is 0.464 e. The van der Waals surface area contributed by atoms with Crippen LogP contribution in [0.5, 0.6) is 5.75 Å². The Morgan fingerprint density at radius 2 is 1.90 bits per heavy atom. The van der Waals surface area contributed by atoms with Crippen LogP contribution in [0.1, 0.15) is 39.3 Å². The summed E-state index contributed by atoms with van der Waals surface area (Å²) in [5, 5.41) is 14.0. The number of nitrogens with one attached hydrogen (secondary N) is 3. The summed E-state index contributed by atoms with van der Waals surface area (Å²) in [7, 11) is -8.12. The first-order valence-electron chi connectivity index (χ1n) is 15.5. The van der Waals surface area contributed by atoms with E-state index in [0.29, 0.717) is 11.4 Å². The fourth-order valence-corrected chi connectivity index (χ4v) is 7.47. The number of ether oxygens (including phenoxy) is 2. The summed E-state index contributed by atoms with van der Waals surface area (Å²) in [5.41, 5.74) is 8.58. The van der Waals surface area contributed by atoms with E-state index in [2.05, 4.69) is 30.3 Å². The van der Waals surface area contributed by atoms with E-state index in [9.17, 15) is 31.7 Å². The molecule has 22 heteroatoms. The molecule has 3 aromatic rings. The summed E-state index contributed by atoms with van der Waals surface area (Å²) < 4.78 is 89.9. The number of fused-ring (bicyclic) bond motifs is 1. The molecule has 1 aliphatic heterocycles. The van der Waals surface area contributed by atoms with E-state index >= 15 is 0 Å². The van der Waals surface area contributed by atoms with Gasteiger partial charge in [0, 0.05) is 10.9 Å². The SMILES string of the molecule is CC(NP(=O)(OCC1OC(n2cnc3c(NNS(C)(=O)=O)nc(N)nc32)C(C)[C@@H]1O)Oc1ccc(Cl)cc1)C(=O)OCC1C(F)CCCC1F. The molecule has 0 amide bonds. The quantitative estimate of drug-likeness (QED) is 0.0902. The normalized spacial score (nSPS) is 27.5. The number of halogens is 3. The highest BCUT2D eigenvalue weighted by atomic mass is 35.5. The minimum absolute atomic E-state index is 0.0328. The lowest BCUT2D eigenvalue weighted by Gasteiger charge is -2.29. The molecule has 1 saturated carbocycles. The van der Waals surface area contributed by atoms with E-state index in [-0.39, 0.29) is 41.5 Å². The number of carbonyl (C=O) groups is 1. The Kier molecular flexibility index (Phi) is 11.8. The minimum atomic E-state index is -4.45. The Morgan fingerprint density at radius 1 is 1.22 bits per heavy atom. The van der Waals surface area contributed by atoms with Gasteiger partial charge in [-0.2, -0.15) is 15.1 Å². The molecule has 2 fully saturated rings. The molecular weight excluding hydrogens is 729 g/mol. The number of aromatic nitrogens is 4. The van der Waals surface area contributed by atoms with Gasteiger partial charge in [0.15, 0.2) is 17.0 Å². The number of hydrazine groups is 1. The molecule has 0 spiro atoms. The number of alkyl halides is 2. The Morgan fingerprint density at radius 3 is 2.56 bits per heavy atom. The molecule has 276 valence electrons. The van der Waals surface area contributed by atoms with Crippen LogP contribution in [0.2, 0.25) is 5.02 Å². The number of hydrogen-bond donors (Lipinski definition) is 5. The van der Waals surface area contributed by atoms with E-state index in [1.165, 1.54) is 42.1 Å². The van der Waals surface area contributed by atoms with E-state index in [0.717, 1.165) is 6.26 Å². The van der Waals surface area contributed by atoms with E-state index in [1.807, 2.05) is 0 Å². The molecule has 5 rings (SSSR count). The van der Waals surface area contributed by atoms with Crippen molar-refractivity contribution >= 4 is 58.3 Å². The van der Waals surface area contributed by atoms with Gasteiger partial charge in [0.1, 0.15) is 36.5 Å². The van der Waals surface area contributed by atoms with Crippen LogP contribution in [0.3, 0.4) is 0 Å². The van der Waals surface area contributed by atoms with Crippen molar-refractivity contribution in [1.29, 1.82) is 0 Å². The molecule has 17 nitrogen and oxygen atoms in total. The molecule has 0 bridgehead atoms.